The summed E-state index contributed by atoms with van der Waals surface area (Å²) in [5.41, 5.74) is 1.56. The van der Waals surface area contributed by atoms with Gasteiger partial charge in [-0.2, -0.15) is 0 Å². The van der Waals surface area contributed by atoms with Crippen LogP contribution in [0.15, 0.2) is 57.8 Å². The molecular weight excluding hydrogens is 411 g/mol. The topological polar surface area (TPSA) is 45.5 Å². The van der Waals surface area contributed by atoms with Gasteiger partial charge in [-0.05, 0) is 30.0 Å². The van der Waals surface area contributed by atoms with Crippen molar-refractivity contribution in [1.29, 1.82) is 0 Å². The maximum absolute atomic E-state index is 14.0. The van der Waals surface area contributed by atoms with E-state index in [2.05, 4.69) is 5.32 Å². The number of carbonyl (C=O) groups is 1. The van der Waals surface area contributed by atoms with Crippen molar-refractivity contribution in [2.24, 2.45) is 11.8 Å². The van der Waals surface area contributed by atoms with Crippen LogP contribution in [0.1, 0.15) is 16.1 Å². The molecule has 0 radical (unpaired) electrons. The summed E-state index contributed by atoms with van der Waals surface area (Å²) >= 11 is 1.39. The Labute approximate surface area is 179 Å². The summed E-state index contributed by atoms with van der Waals surface area (Å²) < 4.78 is 20.0. The molecule has 29 heavy (non-hydrogen) atoms. The van der Waals surface area contributed by atoms with Crippen molar-refractivity contribution in [3.8, 4) is 0 Å². The fourth-order valence-electron chi connectivity index (χ4n) is 4.29. The number of halogens is 2. The van der Waals surface area contributed by atoms with Gasteiger partial charge in [0.05, 0.1) is 0 Å². The van der Waals surface area contributed by atoms with Crippen LogP contribution in [0, 0.1) is 17.7 Å². The van der Waals surface area contributed by atoms with Crippen LogP contribution in [0.5, 0.6) is 0 Å². The molecule has 2 saturated heterocycles. The zero-order valence-electron chi connectivity index (χ0n) is 15.8. The van der Waals surface area contributed by atoms with Gasteiger partial charge in [0.1, 0.15) is 11.4 Å². The molecule has 0 bridgehead atoms. The highest BCUT2D eigenvalue weighted by molar-refractivity contribution is 7.98. The number of para-hydroxylation sites is 1. The SMILES string of the molecule is Cl.O=C(c1oc2ccccc2c1CSc1ccccc1F)N1C[C@H]2CNC[C@H]2C1. The Kier molecular flexibility index (Phi) is 5.86. The molecular formula is C22H22ClFN2O2S. The first kappa shape index (κ1) is 20.3. The van der Waals surface area contributed by atoms with E-state index in [0.29, 0.717) is 33.8 Å². The number of furan rings is 1. The number of nitrogens with zero attached hydrogens (tertiary/aromatic N) is 1. The second-order valence-corrected chi connectivity index (χ2v) is 8.53. The first-order valence-corrected chi connectivity index (χ1v) is 10.6. The molecule has 2 aromatic carbocycles. The minimum atomic E-state index is -0.243. The monoisotopic (exact) mass is 432 g/mol. The summed E-state index contributed by atoms with van der Waals surface area (Å²) in [7, 11) is 0. The van der Waals surface area contributed by atoms with Crippen molar-refractivity contribution in [3.63, 3.8) is 0 Å². The molecule has 0 spiro atoms. The number of nitrogens with one attached hydrogen (secondary N) is 1. The van der Waals surface area contributed by atoms with Crippen LogP contribution in [0.4, 0.5) is 4.39 Å². The third kappa shape index (κ3) is 3.77. The Hall–Kier alpha value is -2.02. The predicted molar refractivity (Wildman–Crippen MR) is 115 cm³/mol. The zero-order valence-corrected chi connectivity index (χ0v) is 17.4. The Morgan fingerprint density at radius 3 is 2.55 bits per heavy atom. The van der Waals surface area contributed by atoms with Crippen molar-refractivity contribution in [3.05, 3.63) is 65.7 Å². The lowest BCUT2D eigenvalue weighted by Gasteiger charge is -2.17. The summed E-state index contributed by atoms with van der Waals surface area (Å²) in [6.45, 7) is 3.50. The molecule has 7 heteroatoms. The van der Waals surface area contributed by atoms with Gasteiger partial charge >= 0.3 is 0 Å². The molecule has 1 aromatic heterocycles. The summed E-state index contributed by atoms with van der Waals surface area (Å²) in [5.74, 6) is 1.66. The molecule has 4 nitrogen and oxygen atoms in total. The van der Waals surface area contributed by atoms with Crippen molar-refractivity contribution in [2.45, 2.75) is 10.6 Å². The van der Waals surface area contributed by atoms with Gasteiger partial charge in [-0.25, -0.2) is 4.39 Å². The van der Waals surface area contributed by atoms with Gasteiger partial charge in [0.2, 0.25) is 0 Å². The van der Waals surface area contributed by atoms with E-state index in [1.807, 2.05) is 35.2 Å². The predicted octanol–water partition coefficient (Wildman–Crippen LogP) is 4.58. The summed E-state index contributed by atoms with van der Waals surface area (Å²) in [6.07, 6.45) is 0. The van der Waals surface area contributed by atoms with Crippen molar-refractivity contribution < 1.29 is 13.6 Å². The van der Waals surface area contributed by atoms with Crippen LogP contribution in [0.3, 0.4) is 0 Å². The minimum absolute atomic E-state index is 0. The van der Waals surface area contributed by atoms with Crippen molar-refractivity contribution >= 4 is 41.0 Å². The number of carbonyl (C=O) groups excluding carboxylic acids is 1. The Morgan fingerprint density at radius 1 is 1.10 bits per heavy atom. The second-order valence-electron chi connectivity index (χ2n) is 7.51. The molecule has 5 rings (SSSR count). The van der Waals surface area contributed by atoms with Gasteiger partial charge in [-0.1, -0.05) is 30.3 Å². The third-order valence-electron chi connectivity index (χ3n) is 5.78. The average Bonchev–Trinajstić information content (AvgIpc) is 3.40. The summed E-state index contributed by atoms with van der Waals surface area (Å²) in [6, 6.07) is 14.4. The van der Waals surface area contributed by atoms with E-state index in [1.54, 1.807) is 12.1 Å². The van der Waals surface area contributed by atoms with E-state index < -0.39 is 0 Å². The maximum atomic E-state index is 14.0. The highest BCUT2D eigenvalue weighted by Gasteiger charge is 2.39. The highest BCUT2D eigenvalue weighted by atomic mass is 35.5. The van der Waals surface area contributed by atoms with E-state index in [9.17, 15) is 9.18 Å². The number of likely N-dealkylation sites (tertiary alicyclic amines) is 1. The third-order valence-corrected chi connectivity index (χ3v) is 6.85. The van der Waals surface area contributed by atoms with Crippen LogP contribution in [-0.2, 0) is 5.75 Å². The quantitative estimate of drug-likeness (QED) is 0.613. The standard InChI is InChI=1S/C22H21FN2O2S.ClH/c23-18-6-2-4-8-20(18)28-13-17-16-5-1-3-7-19(16)27-21(17)22(26)25-11-14-9-24-10-15(14)12-25;/h1-8,14-15,24H,9-13H2;1H/t14-,15+;. The molecule has 0 saturated carbocycles. The molecule has 152 valence electrons. The zero-order chi connectivity index (χ0) is 19.1. The fourth-order valence-corrected chi connectivity index (χ4v) is 5.26. The average molecular weight is 433 g/mol. The van der Waals surface area contributed by atoms with Gasteiger partial charge < -0.3 is 14.6 Å². The second kappa shape index (κ2) is 8.38. The first-order chi connectivity index (χ1) is 13.7. The number of hydrogen-bond donors (Lipinski definition) is 1. The largest absolute Gasteiger partial charge is 0.451 e. The maximum Gasteiger partial charge on any atom is 0.289 e. The number of rotatable bonds is 4. The molecule has 1 N–H and O–H groups in total. The molecule has 3 heterocycles. The lowest BCUT2D eigenvalue weighted by atomic mass is 10.0. The van der Waals surface area contributed by atoms with Crippen LogP contribution in [-0.4, -0.2) is 37.0 Å². The van der Waals surface area contributed by atoms with Gasteiger partial charge in [0.25, 0.3) is 5.91 Å². The molecule has 2 aliphatic rings. The molecule has 3 aromatic rings. The van der Waals surface area contributed by atoms with Crippen LogP contribution in [0.2, 0.25) is 0 Å². The molecule has 2 aliphatic heterocycles. The Bertz CT molecular complexity index is 1030. The Balaban J connectivity index is 0.00000205. The first-order valence-electron chi connectivity index (χ1n) is 9.58. The van der Waals surface area contributed by atoms with E-state index in [0.717, 1.165) is 37.1 Å². The minimum Gasteiger partial charge on any atom is -0.451 e. The van der Waals surface area contributed by atoms with E-state index in [4.69, 9.17) is 4.42 Å². The molecule has 1 amide bonds. The number of thioether (sulfide) groups is 1. The van der Waals surface area contributed by atoms with Crippen molar-refractivity contribution in [1.82, 2.24) is 10.2 Å². The molecule has 0 unspecified atom stereocenters. The van der Waals surface area contributed by atoms with Crippen molar-refractivity contribution in [2.75, 3.05) is 26.2 Å². The summed E-state index contributed by atoms with van der Waals surface area (Å²) in [5, 5.41) is 4.33. The smallest absolute Gasteiger partial charge is 0.289 e. The highest BCUT2D eigenvalue weighted by Crippen LogP contribution is 2.35. The molecule has 0 aliphatic carbocycles. The van der Waals surface area contributed by atoms with Crippen LogP contribution >= 0.6 is 24.2 Å². The van der Waals surface area contributed by atoms with Crippen LogP contribution < -0.4 is 5.32 Å². The summed E-state index contributed by atoms with van der Waals surface area (Å²) in [4.78, 5) is 15.8. The molecule has 2 atom stereocenters. The Morgan fingerprint density at radius 2 is 1.79 bits per heavy atom. The normalized spacial score (nSPS) is 20.7. The number of benzene rings is 2. The number of hydrogen-bond acceptors (Lipinski definition) is 4. The number of amides is 1. The lowest BCUT2D eigenvalue weighted by Crippen LogP contribution is -2.32. The van der Waals surface area contributed by atoms with E-state index >= 15 is 0 Å². The molecule has 2 fully saturated rings. The van der Waals surface area contributed by atoms with Gasteiger partial charge in [-0.15, -0.1) is 24.2 Å². The van der Waals surface area contributed by atoms with Gasteiger partial charge in [0, 0.05) is 47.8 Å². The van der Waals surface area contributed by atoms with Gasteiger partial charge in [-0.3, -0.25) is 4.79 Å². The van der Waals surface area contributed by atoms with Gasteiger partial charge in [0.15, 0.2) is 5.76 Å². The van der Waals surface area contributed by atoms with E-state index in [-0.39, 0.29) is 24.1 Å². The van der Waals surface area contributed by atoms with Crippen LogP contribution in [0.25, 0.3) is 11.0 Å². The number of fused-ring (bicyclic) bond motifs is 2. The van der Waals surface area contributed by atoms with E-state index in [1.165, 1.54) is 17.8 Å². The lowest BCUT2D eigenvalue weighted by molar-refractivity contribution is 0.0751. The fraction of sp³-hybridized carbons (Fsp3) is 0.318.